The van der Waals surface area contributed by atoms with Gasteiger partial charge in [-0.15, -0.1) is 6.58 Å². The first-order chi connectivity index (χ1) is 16.1. The Balaban J connectivity index is 1.77. The third-order valence-electron chi connectivity index (χ3n) is 5.36. The van der Waals surface area contributed by atoms with Gasteiger partial charge in [0.2, 0.25) is 0 Å². The van der Waals surface area contributed by atoms with E-state index < -0.39 is 0 Å². The number of hydrogen-bond acceptors (Lipinski definition) is 6. The second kappa shape index (κ2) is 8.31. The number of rotatable bonds is 6. The number of fused-ring (bicyclic) bond motifs is 4. The van der Waals surface area contributed by atoms with E-state index in [1.807, 2.05) is 55.5 Å². The van der Waals surface area contributed by atoms with Crippen molar-refractivity contribution in [3.8, 4) is 5.75 Å². The minimum atomic E-state index is -0.193. The minimum Gasteiger partial charge on any atom is -0.494 e. The van der Waals surface area contributed by atoms with E-state index >= 15 is 0 Å². The molecule has 0 N–H and O–H groups in total. The predicted octanol–water partition coefficient (Wildman–Crippen LogP) is 4.07. The molecule has 0 bridgehead atoms. The molecule has 0 saturated heterocycles. The zero-order valence-corrected chi connectivity index (χ0v) is 18.4. The van der Waals surface area contributed by atoms with Gasteiger partial charge in [0.15, 0.2) is 11.3 Å². The third-order valence-corrected chi connectivity index (χ3v) is 5.36. The Morgan fingerprint density at radius 2 is 1.76 bits per heavy atom. The SMILES string of the molecule is C=CCn1c(C)nc2c(c1=O)c1nc3ccccc3nc1n2N=Cc1ccc(OCC)cc1. The molecule has 0 radical (unpaired) electrons. The Morgan fingerprint density at radius 1 is 1.03 bits per heavy atom. The van der Waals surface area contributed by atoms with E-state index in [4.69, 9.17) is 19.7 Å². The molecule has 3 heterocycles. The maximum Gasteiger partial charge on any atom is 0.265 e. The lowest BCUT2D eigenvalue weighted by Crippen LogP contribution is -2.23. The van der Waals surface area contributed by atoms with E-state index in [0.29, 0.717) is 52.2 Å². The number of para-hydroxylation sites is 2. The van der Waals surface area contributed by atoms with Crippen molar-refractivity contribution in [2.45, 2.75) is 20.4 Å². The second-order valence-corrected chi connectivity index (χ2v) is 7.51. The van der Waals surface area contributed by atoms with Gasteiger partial charge in [-0.2, -0.15) is 9.78 Å². The number of ether oxygens (including phenoxy) is 1. The first kappa shape index (κ1) is 20.6. The van der Waals surface area contributed by atoms with E-state index in [-0.39, 0.29) is 5.56 Å². The van der Waals surface area contributed by atoms with Crippen LogP contribution in [0.25, 0.3) is 33.2 Å². The van der Waals surface area contributed by atoms with E-state index in [1.54, 1.807) is 28.5 Å². The molecular weight excluding hydrogens is 416 g/mol. The third kappa shape index (κ3) is 3.55. The molecule has 0 amide bonds. The summed E-state index contributed by atoms with van der Waals surface area (Å²) in [6.07, 6.45) is 3.38. The summed E-state index contributed by atoms with van der Waals surface area (Å²) >= 11 is 0. The van der Waals surface area contributed by atoms with Crippen molar-refractivity contribution in [2.24, 2.45) is 5.10 Å². The fraction of sp³-hybridized carbons (Fsp3) is 0.160. The highest BCUT2D eigenvalue weighted by atomic mass is 16.5. The highest BCUT2D eigenvalue weighted by Crippen LogP contribution is 2.25. The lowest BCUT2D eigenvalue weighted by molar-refractivity contribution is 0.340. The standard InChI is InChI=1S/C25H22N6O2/c1-4-14-30-16(3)27-23-21(25(30)32)22-24(29-20-9-7-6-8-19(20)28-22)31(23)26-15-17-10-12-18(13-11-17)33-5-2/h4,6-13,15H,1,5,14H2,2-3H3. The lowest BCUT2D eigenvalue weighted by atomic mass is 10.2. The molecule has 0 atom stereocenters. The number of benzene rings is 2. The molecule has 5 aromatic rings. The Morgan fingerprint density at radius 3 is 2.45 bits per heavy atom. The fourth-order valence-corrected chi connectivity index (χ4v) is 3.81. The number of hydrogen-bond donors (Lipinski definition) is 0. The van der Waals surface area contributed by atoms with Gasteiger partial charge in [0, 0.05) is 6.54 Å². The Bertz CT molecular complexity index is 1600. The van der Waals surface area contributed by atoms with E-state index in [9.17, 15) is 4.79 Å². The van der Waals surface area contributed by atoms with Gasteiger partial charge in [-0.3, -0.25) is 9.36 Å². The normalized spacial score (nSPS) is 11.7. The number of aryl methyl sites for hydroxylation is 1. The van der Waals surface area contributed by atoms with Crippen LogP contribution in [0.1, 0.15) is 18.3 Å². The van der Waals surface area contributed by atoms with Crippen LogP contribution in [0.3, 0.4) is 0 Å². The monoisotopic (exact) mass is 438 g/mol. The quantitative estimate of drug-likeness (QED) is 0.295. The van der Waals surface area contributed by atoms with Crippen LogP contribution in [0.2, 0.25) is 0 Å². The van der Waals surface area contributed by atoms with E-state index in [0.717, 1.165) is 11.3 Å². The highest BCUT2D eigenvalue weighted by molar-refractivity contribution is 6.05. The molecule has 2 aromatic carbocycles. The van der Waals surface area contributed by atoms with Gasteiger partial charge in [-0.25, -0.2) is 15.0 Å². The van der Waals surface area contributed by atoms with Crippen LogP contribution in [-0.2, 0) is 6.54 Å². The average Bonchev–Trinajstić information content (AvgIpc) is 3.12. The first-order valence-corrected chi connectivity index (χ1v) is 10.7. The van der Waals surface area contributed by atoms with Crippen molar-refractivity contribution in [1.82, 2.24) is 24.2 Å². The van der Waals surface area contributed by atoms with Gasteiger partial charge in [0.05, 0.1) is 23.9 Å². The molecule has 0 aliphatic carbocycles. The molecule has 8 nitrogen and oxygen atoms in total. The van der Waals surface area contributed by atoms with Crippen molar-refractivity contribution >= 4 is 39.4 Å². The smallest absolute Gasteiger partial charge is 0.265 e. The van der Waals surface area contributed by atoms with Gasteiger partial charge >= 0.3 is 0 Å². The van der Waals surface area contributed by atoms with E-state index in [2.05, 4.69) is 11.7 Å². The van der Waals surface area contributed by atoms with Gasteiger partial charge in [-0.1, -0.05) is 18.2 Å². The molecule has 0 aliphatic rings. The molecule has 0 unspecified atom stereocenters. The summed E-state index contributed by atoms with van der Waals surface area (Å²) in [6.45, 7) is 8.46. The van der Waals surface area contributed by atoms with Crippen molar-refractivity contribution in [3.05, 3.63) is 82.9 Å². The van der Waals surface area contributed by atoms with Crippen molar-refractivity contribution in [2.75, 3.05) is 6.61 Å². The zero-order chi connectivity index (χ0) is 22.9. The lowest BCUT2D eigenvalue weighted by Gasteiger charge is -2.06. The van der Waals surface area contributed by atoms with Crippen LogP contribution in [0, 0.1) is 6.92 Å². The largest absolute Gasteiger partial charge is 0.494 e. The molecule has 0 fully saturated rings. The van der Waals surface area contributed by atoms with Crippen LogP contribution < -0.4 is 10.3 Å². The van der Waals surface area contributed by atoms with Crippen molar-refractivity contribution < 1.29 is 4.74 Å². The maximum atomic E-state index is 13.4. The van der Waals surface area contributed by atoms with Gasteiger partial charge in [0.25, 0.3) is 5.56 Å². The molecule has 8 heteroatoms. The van der Waals surface area contributed by atoms with E-state index in [1.165, 1.54) is 0 Å². The predicted molar refractivity (Wildman–Crippen MR) is 130 cm³/mol. The van der Waals surface area contributed by atoms with Crippen LogP contribution >= 0.6 is 0 Å². The van der Waals surface area contributed by atoms with Crippen LogP contribution in [-0.4, -0.2) is 37.0 Å². The van der Waals surface area contributed by atoms with Crippen molar-refractivity contribution in [3.63, 3.8) is 0 Å². The summed E-state index contributed by atoms with van der Waals surface area (Å²) < 4.78 is 8.67. The summed E-state index contributed by atoms with van der Waals surface area (Å²) in [4.78, 5) is 27.6. The van der Waals surface area contributed by atoms with Crippen LogP contribution in [0.4, 0.5) is 0 Å². The Kier molecular flexibility index (Phi) is 5.18. The molecule has 5 rings (SSSR count). The highest BCUT2D eigenvalue weighted by Gasteiger charge is 2.20. The molecule has 0 saturated carbocycles. The van der Waals surface area contributed by atoms with Crippen LogP contribution in [0.5, 0.6) is 5.75 Å². The van der Waals surface area contributed by atoms with Gasteiger partial charge in [-0.05, 0) is 55.8 Å². The molecule has 33 heavy (non-hydrogen) atoms. The molecule has 0 aliphatic heterocycles. The Labute approximate surface area is 189 Å². The average molecular weight is 438 g/mol. The van der Waals surface area contributed by atoms with Gasteiger partial charge < -0.3 is 4.74 Å². The number of nitrogens with zero attached hydrogens (tertiary/aromatic N) is 6. The summed E-state index contributed by atoms with van der Waals surface area (Å²) in [5.74, 6) is 1.36. The van der Waals surface area contributed by atoms with Crippen LogP contribution in [0.15, 0.2) is 71.1 Å². The first-order valence-electron chi connectivity index (χ1n) is 10.7. The van der Waals surface area contributed by atoms with Crippen molar-refractivity contribution in [1.29, 1.82) is 0 Å². The zero-order valence-electron chi connectivity index (χ0n) is 18.4. The topological polar surface area (TPSA) is 87.2 Å². The second-order valence-electron chi connectivity index (χ2n) is 7.51. The van der Waals surface area contributed by atoms with Gasteiger partial charge in [0.1, 0.15) is 22.5 Å². The fourth-order valence-electron chi connectivity index (χ4n) is 3.81. The maximum absolute atomic E-state index is 13.4. The minimum absolute atomic E-state index is 0.193. The Hall–Kier alpha value is -4.33. The summed E-state index contributed by atoms with van der Waals surface area (Å²) in [5.41, 5.74) is 3.48. The molecule has 0 spiro atoms. The summed E-state index contributed by atoms with van der Waals surface area (Å²) in [6, 6.07) is 15.2. The number of allylic oxidation sites excluding steroid dienone is 1. The molecule has 3 aromatic heterocycles. The number of aromatic nitrogens is 5. The molecule has 164 valence electrons. The summed E-state index contributed by atoms with van der Waals surface area (Å²) in [7, 11) is 0. The molecular formula is C25H22N6O2. The summed E-state index contributed by atoms with van der Waals surface area (Å²) in [5, 5.41) is 5.04.